The van der Waals surface area contributed by atoms with E-state index in [9.17, 15) is 15.0 Å². The molecule has 1 unspecified atom stereocenters. The van der Waals surface area contributed by atoms with Gasteiger partial charge in [-0.1, -0.05) is 56.3 Å². The first-order chi connectivity index (χ1) is 9.56. The van der Waals surface area contributed by atoms with Crippen molar-refractivity contribution < 1.29 is 15.0 Å². The predicted octanol–water partition coefficient (Wildman–Crippen LogP) is 3.80. The summed E-state index contributed by atoms with van der Waals surface area (Å²) >= 11 is 0. The second-order valence-corrected chi connectivity index (χ2v) is 4.83. The van der Waals surface area contributed by atoms with Crippen molar-refractivity contribution in [3.63, 3.8) is 0 Å². The summed E-state index contributed by atoms with van der Waals surface area (Å²) in [6.45, 7) is 3.84. The lowest BCUT2D eigenvalue weighted by molar-refractivity contribution is 0.0692. The Morgan fingerprint density at radius 1 is 1.15 bits per heavy atom. The molecule has 0 bridgehead atoms. The van der Waals surface area contributed by atoms with Gasteiger partial charge in [0.15, 0.2) is 0 Å². The van der Waals surface area contributed by atoms with E-state index in [2.05, 4.69) is 0 Å². The van der Waals surface area contributed by atoms with Crippen LogP contribution in [0.5, 0.6) is 5.75 Å². The molecular formula is C17H18O3. The molecule has 0 amide bonds. The lowest BCUT2D eigenvalue weighted by atomic mass is 9.89. The largest absolute Gasteiger partial charge is 0.507 e. The number of carbonyl (C=O) groups is 1. The molecule has 0 aliphatic heterocycles. The third-order valence-corrected chi connectivity index (χ3v) is 3.66. The smallest absolute Gasteiger partial charge is 0.339 e. The summed E-state index contributed by atoms with van der Waals surface area (Å²) < 4.78 is 0. The highest BCUT2D eigenvalue weighted by Gasteiger charge is 2.21. The number of aromatic carboxylic acids is 1. The fourth-order valence-electron chi connectivity index (χ4n) is 2.45. The lowest BCUT2D eigenvalue weighted by Gasteiger charge is -2.17. The van der Waals surface area contributed by atoms with E-state index >= 15 is 0 Å². The van der Waals surface area contributed by atoms with E-state index in [4.69, 9.17) is 0 Å². The van der Waals surface area contributed by atoms with Crippen LogP contribution in [0.1, 0.15) is 46.8 Å². The minimum Gasteiger partial charge on any atom is -0.507 e. The molecule has 20 heavy (non-hydrogen) atoms. The molecule has 0 radical (unpaired) electrons. The Balaban J connectivity index is 2.53. The minimum absolute atomic E-state index is 0.0211. The Morgan fingerprint density at radius 2 is 1.80 bits per heavy atom. The fourth-order valence-corrected chi connectivity index (χ4v) is 2.45. The van der Waals surface area contributed by atoms with Gasteiger partial charge in [-0.15, -0.1) is 0 Å². The highest BCUT2D eigenvalue weighted by atomic mass is 16.4. The second-order valence-electron chi connectivity index (χ2n) is 4.83. The van der Waals surface area contributed by atoms with Crippen LogP contribution < -0.4 is 0 Å². The molecule has 0 saturated heterocycles. The molecule has 3 nitrogen and oxygen atoms in total. The molecule has 2 aromatic carbocycles. The topological polar surface area (TPSA) is 57.5 Å². The van der Waals surface area contributed by atoms with Crippen molar-refractivity contribution in [1.29, 1.82) is 0 Å². The van der Waals surface area contributed by atoms with Gasteiger partial charge >= 0.3 is 5.97 Å². The summed E-state index contributed by atoms with van der Waals surface area (Å²) in [5, 5.41) is 19.6. The number of carboxylic acid groups (broad SMARTS) is 1. The molecule has 0 fully saturated rings. The van der Waals surface area contributed by atoms with Gasteiger partial charge in [-0.2, -0.15) is 0 Å². The second kappa shape index (κ2) is 5.78. The normalized spacial score (nSPS) is 12.1. The van der Waals surface area contributed by atoms with Gasteiger partial charge in [-0.05, 0) is 17.5 Å². The lowest BCUT2D eigenvalue weighted by Crippen LogP contribution is -2.06. The van der Waals surface area contributed by atoms with Crippen LogP contribution in [0.2, 0.25) is 0 Å². The highest BCUT2D eigenvalue weighted by Crippen LogP contribution is 2.35. The van der Waals surface area contributed by atoms with Crippen molar-refractivity contribution in [3.05, 3.63) is 64.7 Å². The summed E-state index contributed by atoms with van der Waals surface area (Å²) in [5.41, 5.74) is 2.36. The van der Waals surface area contributed by atoms with E-state index < -0.39 is 5.97 Å². The van der Waals surface area contributed by atoms with Crippen molar-refractivity contribution in [1.82, 2.24) is 0 Å². The van der Waals surface area contributed by atoms with Crippen LogP contribution in [-0.4, -0.2) is 16.2 Å². The first-order valence-electron chi connectivity index (χ1n) is 6.69. The van der Waals surface area contributed by atoms with Gasteiger partial charge in [-0.3, -0.25) is 0 Å². The van der Waals surface area contributed by atoms with Gasteiger partial charge < -0.3 is 10.2 Å². The van der Waals surface area contributed by atoms with Crippen LogP contribution in [0.25, 0.3) is 0 Å². The van der Waals surface area contributed by atoms with Gasteiger partial charge in [-0.25, -0.2) is 4.79 Å². The monoisotopic (exact) mass is 270 g/mol. The molecule has 0 aromatic heterocycles. The summed E-state index contributed by atoms with van der Waals surface area (Å²) in [6, 6.07) is 13.3. The van der Waals surface area contributed by atoms with E-state index in [-0.39, 0.29) is 17.2 Å². The van der Waals surface area contributed by atoms with Crippen molar-refractivity contribution in [2.45, 2.75) is 26.2 Å². The Labute approximate surface area is 118 Å². The maximum absolute atomic E-state index is 11.4. The number of carboxylic acids is 1. The Morgan fingerprint density at radius 3 is 2.35 bits per heavy atom. The summed E-state index contributed by atoms with van der Waals surface area (Å²) in [7, 11) is 0. The molecule has 0 aliphatic rings. The van der Waals surface area contributed by atoms with Crippen LogP contribution in [0.3, 0.4) is 0 Å². The van der Waals surface area contributed by atoms with Crippen LogP contribution >= 0.6 is 0 Å². The maximum atomic E-state index is 11.4. The minimum atomic E-state index is -1.08. The molecule has 2 rings (SSSR count). The van der Waals surface area contributed by atoms with Gasteiger partial charge in [0.25, 0.3) is 0 Å². The van der Waals surface area contributed by atoms with Crippen molar-refractivity contribution in [2.24, 2.45) is 0 Å². The summed E-state index contributed by atoms with van der Waals surface area (Å²) in [4.78, 5) is 11.4. The summed E-state index contributed by atoms with van der Waals surface area (Å²) in [5.74, 6) is -1.25. The zero-order valence-electron chi connectivity index (χ0n) is 11.6. The average molecular weight is 270 g/mol. The van der Waals surface area contributed by atoms with E-state index in [0.29, 0.717) is 17.5 Å². The number of phenols is 1. The van der Waals surface area contributed by atoms with Gasteiger partial charge in [0, 0.05) is 11.5 Å². The molecule has 0 heterocycles. The number of rotatable bonds is 4. The van der Waals surface area contributed by atoms with Crippen molar-refractivity contribution in [3.8, 4) is 5.75 Å². The first kappa shape index (κ1) is 14.1. The molecule has 0 spiro atoms. The van der Waals surface area contributed by atoms with Crippen LogP contribution in [0.4, 0.5) is 0 Å². The number of hydrogen-bond acceptors (Lipinski definition) is 2. The van der Waals surface area contributed by atoms with E-state index in [1.807, 2.05) is 50.2 Å². The van der Waals surface area contributed by atoms with E-state index in [0.717, 1.165) is 5.56 Å². The van der Waals surface area contributed by atoms with Crippen LogP contribution in [0, 0.1) is 0 Å². The molecule has 104 valence electrons. The van der Waals surface area contributed by atoms with E-state index in [1.54, 1.807) is 6.07 Å². The standard InChI is InChI=1S/C17H18O3/c1-3-12-9-10-14(16(18)15(12)17(19)20)11(2)13-7-5-4-6-8-13/h4-11,18H,3H2,1-2H3,(H,19,20). The molecule has 0 saturated carbocycles. The molecule has 2 aromatic rings. The molecule has 0 aliphatic carbocycles. The highest BCUT2D eigenvalue weighted by molar-refractivity contribution is 5.93. The third kappa shape index (κ3) is 2.52. The first-order valence-corrected chi connectivity index (χ1v) is 6.69. The number of aromatic hydroxyl groups is 1. The zero-order valence-corrected chi connectivity index (χ0v) is 11.6. The molecule has 1 atom stereocenters. The Bertz CT molecular complexity index is 618. The Hall–Kier alpha value is -2.29. The summed E-state index contributed by atoms with van der Waals surface area (Å²) in [6.07, 6.45) is 0.579. The number of hydrogen-bond donors (Lipinski definition) is 2. The molecule has 3 heteroatoms. The quantitative estimate of drug-likeness (QED) is 0.888. The predicted molar refractivity (Wildman–Crippen MR) is 78.4 cm³/mol. The van der Waals surface area contributed by atoms with Gasteiger partial charge in [0.1, 0.15) is 11.3 Å². The van der Waals surface area contributed by atoms with Gasteiger partial charge in [0.05, 0.1) is 0 Å². The number of aryl methyl sites for hydroxylation is 1. The molecular weight excluding hydrogens is 252 g/mol. The SMILES string of the molecule is CCc1ccc(C(C)c2ccccc2)c(O)c1C(=O)O. The van der Waals surface area contributed by atoms with Crippen molar-refractivity contribution >= 4 is 5.97 Å². The van der Waals surface area contributed by atoms with Gasteiger partial charge in [0.2, 0.25) is 0 Å². The molecule has 2 N–H and O–H groups in total. The zero-order chi connectivity index (χ0) is 14.7. The Kier molecular flexibility index (Phi) is 4.08. The third-order valence-electron chi connectivity index (χ3n) is 3.66. The average Bonchev–Trinajstić information content (AvgIpc) is 2.46. The maximum Gasteiger partial charge on any atom is 0.339 e. The van der Waals surface area contributed by atoms with Crippen LogP contribution in [-0.2, 0) is 6.42 Å². The van der Waals surface area contributed by atoms with E-state index in [1.165, 1.54) is 0 Å². The van der Waals surface area contributed by atoms with Crippen LogP contribution in [0.15, 0.2) is 42.5 Å². The fraction of sp³-hybridized carbons (Fsp3) is 0.235. The van der Waals surface area contributed by atoms with Crippen molar-refractivity contribution in [2.75, 3.05) is 0 Å². The number of benzene rings is 2.